The van der Waals surface area contributed by atoms with E-state index < -0.39 is 46.1 Å². The quantitative estimate of drug-likeness (QED) is 0.504. The average molecular weight is 469 g/mol. The smallest absolute Gasteiger partial charge is 0.303 e. The number of hydrogen-bond donors (Lipinski definition) is 1. The molecule has 0 bridgehead atoms. The normalized spacial score (nSPS) is 43.9. The summed E-state index contributed by atoms with van der Waals surface area (Å²) in [4.78, 5) is 49.7. The Balaban J connectivity index is 1.73. The summed E-state index contributed by atoms with van der Waals surface area (Å²) in [5.41, 5.74) is -2.94. The third kappa shape index (κ3) is 3.01. The summed E-state index contributed by atoms with van der Waals surface area (Å²) >= 11 is 13.3. The number of allylic oxidation sites excluding steroid dienone is 4. The lowest BCUT2D eigenvalue weighted by molar-refractivity contribution is -0.172. The Hall–Kier alpha value is -1.50. The second-order valence-electron chi connectivity index (χ2n) is 9.81. The molecule has 0 heterocycles. The lowest BCUT2D eigenvalue weighted by atomic mass is 9.46. The highest BCUT2D eigenvalue weighted by molar-refractivity contribution is 6.34. The van der Waals surface area contributed by atoms with Gasteiger partial charge in [0.1, 0.15) is 11.4 Å². The monoisotopic (exact) mass is 468 g/mol. The summed E-state index contributed by atoms with van der Waals surface area (Å²) < 4.78 is 4.85. The van der Waals surface area contributed by atoms with Crippen molar-refractivity contribution in [3.8, 4) is 0 Å². The van der Waals surface area contributed by atoms with Crippen molar-refractivity contribution < 1.29 is 29.0 Å². The number of carbonyl (C=O) groups excluding carboxylic acids is 4. The van der Waals surface area contributed by atoms with Crippen molar-refractivity contribution in [3.63, 3.8) is 0 Å². The maximum atomic E-state index is 13.6. The summed E-state index contributed by atoms with van der Waals surface area (Å²) in [7, 11) is 0. The molecule has 4 aliphatic rings. The van der Waals surface area contributed by atoms with Crippen LogP contribution in [0.4, 0.5) is 0 Å². The molecule has 3 fully saturated rings. The zero-order chi connectivity index (χ0) is 22.9. The zero-order valence-electron chi connectivity index (χ0n) is 17.7. The van der Waals surface area contributed by atoms with Gasteiger partial charge in [-0.3, -0.25) is 19.2 Å². The molecule has 0 aromatic carbocycles. The molecule has 4 aliphatic carbocycles. The van der Waals surface area contributed by atoms with Crippen molar-refractivity contribution in [2.45, 2.75) is 57.4 Å². The van der Waals surface area contributed by atoms with E-state index in [0.29, 0.717) is 23.4 Å². The summed E-state index contributed by atoms with van der Waals surface area (Å²) in [5.74, 6) is -2.32. The standard InChI is InChI=1S/C23H26Cl2O6/c1-11(26)31-10-19(29)23(30)5-4-14-13-8-16(24)15-6-12(27)7-18(25)22(15,3)20(13)17(28)9-21(14,23)2/h6-7,13-14,16,20,30H,4-5,8-10H2,1-3H3/t13-,14-,16-,20+,21-,22+,23-/m0/s1. The molecule has 3 saturated carbocycles. The van der Waals surface area contributed by atoms with Crippen LogP contribution in [0.25, 0.3) is 0 Å². The van der Waals surface area contributed by atoms with Crippen LogP contribution in [0.3, 0.4) is 0 Å². The fraction of sp³-hybridized carbons (Fsp3) is 0.652. The van der Waals surface area contributed by atoms with E-state index in [9.17, 15) is 24.3 Å². The number of ketones is 3. The molecule has 7 atom stereocenters. The number of alkyl halides is 1. The number of ether oxygens (including phenoxy) is 1. The summed E-state index contributed by atoms with van der Waals surface area (Å²) in [6.07, 6.45) is 4.06. The number of aliphatic hydroxyl groups is 1. The highest BCUT2D eigenvalue weighted by atomic mass is 35.5. The van der Waals surface area contributed by atoms with Crippen molar-refractivity contribution >= 4 is 46.5 Å². The van der Waals surface area contributed by atoms with Gasteiger partial charge in [0.05, 0.1) is 5.38 Å². The molecule has 168 valence electrons. The van der Waals surface area contributed by atoms with Crippen LogP contribution in [-0.2, 0) is 23.9 Å². The molecule has 6 nitrogen and oxygen atoms in total. The second kappa shape index (κ2) is 7.26. The highest BCUT2D eigenvalue weighted by Crippen LogP contribution is 2.67. The van der Waals surface area contributed by atoms with E-state index in [0.717, 1.165) is 0 Å². The molecule has 0 aromatic heterocycles. The molecule has 0 aliphatic heterocycles. The van der Waals surface area contributed by atoms with Crippen LogP contribution in [-0.4, -0.2) is 46.0 Å². The SMILES string of the molecule is CC(=O)OCC(=O)[C@@]1(O)CC[C@H]2[C@@H]3C[C@H](Cl)C4=CC(=O)C=C(Cl)[C@]4(C)[C@H]3C(=O)C[C@@]21C. The van der Waals surface area contributed by atoms with Gasteiger partial charge in [-0.15, -0.1) is 11.6 Å². The minimum atomic E-state index is -1.76. The fourth-order valence-corrected chi connectivity index (χ4v) is 7.67. The van der Waals surface area contributed by atoms with Gasteiger partial charge < -0.3 is 9.84 Å². The number of carbonyl (C=O) groups is 4. The average Bonchev–Trinajstić information content (AvgIpc) is 2.93. The third-order valence-electron chi connectivity index (χ3n) is 8.38. The Kier molecular flexibility index (Phi) is 5.31. The number of rotatable bonds is 3. The first-order valence-corrected chi connectivity index (χ1v) is 11.4. The van der Waals surface area contributed by atoms with Gasteiger partial charge >= 0.3 is 5.97 Å². The lowest BCUT2D eigenvalue weighted by Crippen LogP contribution is -2.62. The third-order valence-corrected chi connectivity index (χ3v) is 9.30. The lowest BCUT2D eigenvalue weighted by Gasteiger charge is -2.58. The molecule has 0 aromatic rings. The van der Waals surface area contributed by atoms with E-state index in [1.807, 2.05) is 6.92 Å². The first kappa shape index (κ1) is 22.7. The van der Waals surface area contributed by atoms with Crippen molar-refractivity contribution in [2.24, 2.45) is 28.6 Å². The summed E-state index contributed by atoms with van der Waals surface area (Å²) in [6.45, 7) is 4.33. The van der Waals surface area contributed by atoms with Crippen LogP contribution in [0, 0.1) is 28.6 Å². The van der Waals surface area contributed by atoms with Crippen molar-refractivity contribution in [2.75, 3.05) is 6.61 Å². The molecule has 0 unspecified atom stereocenters. The fourth-order valence-electron chi connectivity index (χ4n) is 6.84. The molecule has 0 saturated heterocycles. The number of halogens is 2. The van der Waals surface area contributed by atoms with Crippen molar-refractivity contribution in [3.05, 3.63) is 22.8 Å². The van der Waals surface area contributed by atoms with Crippen LogP contribution in [0.15, 0.2) is 22.8 Å². The summed E-state index contributed by atoms with van der Waals surface area (Å²) in [6, 6.07) is 0. The van der Waals surface area contributed by atoms with E-state index in [1.165, 1.54) is 19.1 Å². The molecule has 1 N–H and O–H groups in total. The topological polar surface area (TPSA) is 97.7 Å². The predicted molar refractivity (Wildman–Crippen MR) is 113 cm³/mol. The van der Waals surface area contributed by atoms with E-state index in [4.69, 9.17) is 27.9 Å². The van der Waals surface area contributed by atoms with Gasteiger partial charge in [-0.2, -0.15) is 0 Å². The number of Topliss-reactive ketones (excluding diaryl/α,β-unsaturated/α-hetero) is 2. The number of esters is 1. The molecule has 0 amide bonds. The minimum Gasteiger partial charge on any atom is -0.458 e. The Bertz CT molecular complexity index is 954. The van der Waals surface area contributed by atoms with Crippen LogP contribution < -0.4 is 0 Å². The van der Waals surface area contributed by atoms with Crippen molar-refractivity contribution in [1.82, 2.24) is 0 Å². The first-order valence-electron chi connectivity index (χ1n) is 10.6. The molecule has 4 rings (SSSR count). The molecule has 0 radical (unpaired) electrons. The molecule has 8 heteroatoms. The van der Waals surface area contributed by atoms with Crippen LogP contribution in [0.5, 0.6) is 0 Å². The predicted octanol–water partition coefficient (Wildman–Crippen LogP) is 3.12. The Morgan fingerprint density at radius 3 is 2.58 bits per heavy atom. The molecule has 0 spiro atoms. The molecular formula is C23H26Cl2O6. The molecule has 31 heavy (non-hydrogen) atoms. The Labute approximate surface area is 191 Å². The van der Waals surface area contributed by atoms with Gasteiger partial charge in [0.2, 0.25) is 5.78 Å². The number of hydrogen-bond acceptors (Lipinski definition) is 6. The van der Waals surface area contributed by atoms with Crippen LogP contribution in [0.2, 0.25) is 0 Å². The minimum absolute atomic E-state index is 0.00901. The van der Waals surface area contributed by atoms with Crippen LogP contribution >= 0.6 is 23.2 Å². The summed E-state index contributed by atoms with van der Waals surface area (Å²) in [5, 5.41) is 11.3. The highest BCUT2D eigenvalue weighted by Gasteiger charge is 2.69. The van der Waals surface area contributed by atoms with Gasteiger partial charge in [-0.05, 0) is 42.7 Å². The Morgan fingerprint density at radius 1 is 1.26 bits per heavy atom. The van der Waals surface area contributed by atoms with E-state index in [-0.39, 0.29) is 36.2 Å². The maximum Gasteiger partial charge on any atom is 0.303 e. The first-order chi connectivity index (χ1) is 14.4. The van der Waals surface area contributed by atoms with Gasteiger partial charge in [0.15, 0.2) is 12.4 Å². The van der Waals surface area contributed by atoms with E-state index >= 15 is 0 Å². The van der Waals surface area contributed by atoms with E-state index in [1.54, 1.807) is 6.92 Å². The zero-order valence-corrected chi connectivity index (χ0v) is 19.3. The second-order valence-corrected chi connectivity index (χ2v) is 10.7. The van der Waals surface area contributed by atoms with Crippen molar-refractivity contribution in [1.29, 1.82) is 0 Å². The van der Waals surface area contributed by atoms with Gasteiger partial charge in [0.25, 0.3) is 0 Å². The molecular weight excluding hydrogens is 443 g/mol. The number of fused-ring (bicyclic) bond motifs is 5. The van der Waals surface area contributed by atoms with Crippen LogP contribution in [0.1, 0.15) is 46.5 Å². The van der Waals surface area contributed by atoms with E-state index in [2.05, 4.69) is 0 Å². The largest absolute Gasteiger partial charge is 0.458 e. The van der Waals surface area contributed by atoms with Gasteiger partial charge in [-0.1, -0.05) is 25.4 Å². The Morgan fingerprint density at radius 2 is 1.94 bits per heavy atom. The van der Waals surface area contributed by atoms with Gasteiger partial charge in [-0.25, -0.2) is 0 Å². The van der Waals surface area contributed by atoms with Gasteiger partial charge in [0, 0.05) is 41.2 Å². The maximum absolute atomic E-state index is 13.6.